The van der Waals surface area contributed by atoms with Gasteiger partial charge in [0.2, 0.25) is 0 Å². The Morgan fingerprint density at radius 3 is 3.00 bits per heavy atom. The van der Waals surface area contributed by atoms with Crippen molar-refractivity contribution in [3.05, 3.63) is 18.2 Å². The Kier molecular flexibility index (Phi) is 1.17. The van der Waals surface area contributed by atoms with E-state index in [0.717, 1.165) is 11.0 Å². The summed E-state index contributed by atoms with van der Waals surface area (Å²) in [5.74, 6) is 0.246. The van der Waals surface area contributed by atoms with Crippen molar-refractivity contribution in [3.63, 3.8) is 0 Å². The van der Waals surface area contributed by atoms with E-state index in [-0.39, 0.29) is 5.75 Å². The number of fused-ring (bicyclic) bond motifs is 1. The number of phenols is 1. The van der Waals surface area contributed by atoms with Gasteiger partial charge in [0.1, 0.15) is 11.3 Å². The molecule has 1 fully saturated rings. The summed E-state index contributed by atoms with van der Waals surface area (Å²) in [6.07, 6.45) is 2.39. The van der Waals surface area contributed by atoms with Crippen LogP contribution in [0.5, 0.6) is 5.75 Å². The molecule has 66 valence electrons. The molecule has 0 amide bonds. The second-order valence-corrected chi connectivity index (χ2v) is 3.44. The van der Waals surface area contributed by atoms with Crippen molar-refractivity contribution in [2.75, 3.05) is 0 Å². The topological polar surface area (TPSA) is 50.9 Å². The van der Waals surface area contributed by atoms with Crippen LogP contribution in [0.2, 0.25) is 0 Å². The number of nitrogens with zero attached hydrogens (tertiary/aromatic N) is 3. The van der Waals surface area contributed by atoms with Gasteiger partial charge in [-0.1, -0.05) is 5.21 Å². The zero-order valence-electron chi connectivity index (χ0n) is 7.01. The highest BCUT2D eigenvalue weighted by Crippen LogP contribution is 2.36. The van der Waals surface area contributed by atoms with Crippen LogP contribution < -0.4 is 0 Å². The van der Waals surface area contributed by atoms with Crippen LogP contribution in [0.1, 0.15) is 18.9 Å². The molecule has 1 heterocycles. The predicted octanol–water partition coefficient (Wildman–Crippen LogP) is 1.47. The molecule has 1 saturated carbocycles. The van der Waals surface area contributed by atoms with E-state index in [0.29, 0.717) is 6.04 Å². The van der Waals surface area contributed by atoms with E-state index in [2.05, 4.69) is 10.3 Å². The summed E-state index contributed by atoms with van der Waals surface area (Å²) in [6, 6.07) is 5.71. The molecule has 0 spiro atoms. The van der Waals surface area contributed by atoms with E-state index in [1.807, 2.05) is 10.7 Å². The van der Waals surface area contributed by atoms with Crippen molar-refractivity contribution >= 4 is 11.0 Å². The van der Waals surface area contributed by atoms with Crippen molar-refractivity contribution in [2.45, 2.75) is 18.9 Å². The van der Waals surface area contributed by atoms with Gasteiger partial charge in [-0.2, -0.15) is 0 Å². The molecule has 1 aliphatic carbocycles. The molecule has 4 nitrogen and oxygen atoms in total. The van der Waals surface area contributed by atoms with Gasteiger partial charge in [0.25, 0.3) is 0 Å². The van der Waals surface area contributed by atoms with Gasteiger partial charge in [0, 0.05) is 6.07 Å². The molecule has 1 aliphatic rings. The number of rotatable bonds is 1. The molecule has 1 aromatic carbocycles. The maximum atomic E-state index is 9.22. The molecule has 0 radical (unpaired) electrons. The molecule has 0 unspecified atom stereocenters. The van der Waals surface area contributed by atoms with Gasteiger partial charge in [-0.25, -0.2) is 4.68 Å². The summed E-state index contributed by atoms with van der Waals surface area (Å²) >= 11 is 0. The molecule has 0 bridgehead atoms. The SMILES string of the molecule is Oc1ccc2c(c1)nnn2C1CC1. The van der Waals surface area contributed by atoms with E-state index in [9.17, 15) is 5.11 Å². The van der Waals surface area contributed by atoms with Gasteiger partial charge in [0.15, 0.2) is 0 Å². The second kappa shape index (κ2) is 2.22. The number of aromatic nitrogens is 3. The lowest BCUT2D eigenvalue weighted by molar-refractivity contribution is 0.476. The van der Waals surface area contributed by atoms with Gasteiger partial charge in [-0.3, -0.25) is 0 Å². The smallest absolute Gasteiger partial charge is 0.117 e. The van der Waals surface area contributed by atoms with E-state index >= 15 is 0 Å². The van der Waals surface area contributed by atoms with E-state index in [1.54, 1.807) is 12.1 Å². The Balaban J connectivity index is 2.26. The molecule has 1 aromatic heterocycles. The Morgan fingerprint density at radius 2 is 2.23 bits per heavy atom. The van der Waals surface area contributed by atoms with Crippen molar-refractivity contribution in [3.8, 4) is 5.75 Å². The third-order valence-electron chi connectivity index (χ3n) is 2.35. The second-order valence-electron chi connectivity index (χ2n) is 3.44. The Bertz CT molecular complexity index is 459. The lowest BCUT2D eigenvalue weighted by Crippen LogP contribution is -1.95. The minimum absolute atomic E-state index is 0.246. The Hall–Kier alpha value is -1.58. The van der Waals surface area contributed by atoms with Crippen LogP contribution in [0, 0.1) is 0 Å². The van der Waals surface area contributed by atoms with E-state index < -0.39 is 0 Å². The fourth-order valence-electron chi connectivity index (χ4n) is 1.52. The molecular weight excluding hydrogens is 166 g/mol. The van der Waals surface area contributed by atoms with Gasteiger partial charge < -0.3 is 5.11 Å². The van der Waals surface area contributed by atoms with Crippen molar-refractivity contribution in [1.29, 1.82) is 0 Å². The van der Waals surface area contributed by atoms with Crippen LogP contribution in [-0.4, -0.2) is 20.1 Å². The highest BCUT2D eigenvalue weighted by atomic mass is 16.3. The highest BCUT2D eigenvalue weighted by Gasteiger charge is 2.26. The van der Waals surface area contributed by atoms with Crippen LogP contribution in [0.15, 0.2) is 18.2 Å². The summed E-state index contributed by atoms with van der Waals surface area (Å²) < 4.78 is 1.94. The molecule has 3 rings (SSSR count). The van der Waals surface area contributed by atoms with Gasteiger partial charge in [0.05, 0.1) is 11.6 Å². The van der Waals surface area contributed by atoms with Gasteiger partial charge in [-0.05, 0) is 25.0 Å². The summed E-state index contributed by atoms with van der Waals surface area (Å²) in [5, 5.41) is 17.3. The molecule has 2 aromatic rings. The highest BCUT2D eigenvalue weighted by molar-refractivity contribution is 5.76. The standard InChI is InChI=1S/C9H9N3O/c13-7-3-4-9-8(5-7)10-11-12(9)6-1-2-6/h3-6,13H,1-2H2. The number of hydrogen-bond acceptors (Lipinski definition) is 3. The predicted molar refractivity (Wildman–Crippen MR) is 47.5 cm³/mol. The maximum absolute atomic E-state index is 9.22. The molecule has 4 heteroatoms. The first-order valence-electron chi connectivity index (χ1n) is 4.38. The molecule has 0 saturated heterocycles. The minimum atomic E-state index is 0.246. The van der Waals surface area contributed by atoms with Crippen LogP contribution in [0.3, 0.4) is 0 Å². The van der Waals surface area contributed by atoms with Crippen molar-refractivity contribution < 1.29 is 5.11 Å². The number of benzene rings is 1. The zero-order valence-corrected chi connectivity index (χ0v) is 7.01. The largest absolute Gasteiger partial charge is 0.508 e. The van der Waals surface area contributed by atoms with Crippen LogP contribution >= 0.6 is 0 Å². The fourth-order valence-corrected chi connectivity index (χ4v) is 1.52. The molecule has 0 atom stereocenters. The summed E-state index contributed by atoms with van der Waals surface area (Å²) in [5.41, 5.74) is 1.78. The molecular formula is C9H9N3O. The summed E-state index contributed by atoms with van der Waals surface area (Å²) in [6.45, 7) is 0. The number of phenolic OH excluding ortho intramolecular Hbond substituents is 1. The Labute approximate surface area is 74.8 Å². The van der Waals surface area contributed by atoms with Gasteiger partial charge >= 0.3 is 0 Å². The normalized spacial score (nSPS) is 16.6. The first-order chi connectivity index (χ1) is 6.34. The number of aromatic hydroxyl groups is 1. The molecule has 1 N–H and O–H groups in total. The third kappa shape index (κ3) is 0.983. The lowest BCUT2D eigenvalue weighted by atomic mass is 10.3. The first kappa shape index (κ1) is 6.88. The lowest BCUT2D eigenvalue weighted by Gasteiger charge is -1.96. The zero-order chi connectivity index (χ0) is 8.84. The molecule has 13 heavy (non-hydrogen) atoms. The summed E-state index contributed by atoms with van der Waals surface area (Å²) in [4.78, 5) is 0. The average Bonchev–Trinajstić information content (AvgIpc) is 2.87. The molecule has 0 aliphatic heterocycles. The van der Waals surface area contributed by atoms with E-state index in [1.165, 1.54) is 12.8 Å². The maximum Gasteiger partial charge on any atom is 0.117 e. The van der Waals surface area contributed by atoms with Crippen molar-refractivity contribution in [1.82, 2.24) is 15.0 Å². The van der Waals surface area contributed by atoms with Crippen LogP contribution in [0.25, 0.3) is 11.0 Å². The quantitative estimate of drug-likeness (QED) is 0.714. The summed E-state index contributed by atoms with van der Waals surface area (Å²) in [7, 11) is 0. The monoisotopic (exact) mass is 175 g/mol. The third-order valence-corrected chi connectivity index (χ3v) is 2.35. The Morgan fingerprint density at radius 1 is 1.38 bits per heavy atom. The average molecular weight is 175 g/mol. The first-order valence-corrected chi connectivity index (χ1v) is 4.38. The van der Waals surface area contributed by atoms with Gasteiger partial charge in [-0.15, -0.1) is 5.10 Å². The minimum Gasteiger partial charge on any atom is -0.508 e. The van der Waals surface area contributed by atoms with Crippen LogP contribution in [-0.2, 0) is 0 Å². The number of hydrogen-bond donors (Lipinski definition) is 1. The van der Waals surface area contributed by atoms with Crippen molar-refractivity contribution in [2.24, 2.45) is 0 Å². The van der Waals surface area contributed by atoms with Crippen LogP contribution in [0.4, 0.5) is 0 Å². The fraction of sp³-hybridized carbons (Fsp3) is 0.333. The van der Waals surface area contributed by atoms with E-state index in [4.69, 9.17) is 0 Å².